The third kappa shape index (κ3) is 2.09. The van der Waals surface area contributed by atoms with E-state index in [0.29, 0.717) is 5.76 Å². The molecule has 3 atom stereocenters. The van der Waals surface area contributed by atoms with Crippen molar-refractivity contribution in [2.75, 3.05) is 0 Å². The Morgan fingerprint density at radius 2 is 1.77 bits per heavy atom. The van der Waals surface area contributed by atoms with Crippen LogP contribution < -0.4 is 0 Å². The number of fused-ring (bicyclic) bond motifs is 1. The first-order valence-corrected chi connectivity index (χ1v) is 7.85. The van der Waals surface area contributed by atoms with Crippen LogP contribution in [0.2, 0.25) is 0 Å². The van der Waals surface area contributed by atoms with Gasteiger partial charge in [0.05, 0.1) is 18.1 Å². The Hall–Kier alpha value is -2.27. The van der Waals surface area contributed by atoms with Gasteiger partial charge < -0.3 is 9.15 Å². The van der Waals surface area contributed by atoms with E-state index in [4.69, 9.17) is 9.15 Å². The van der Waals surface area contributed by atoms with Crippen molar-refractivity contribution in [2.45, 2.75) is 11.2 Å². The van der Waals surface area contributed by atoms with E-state index < -0.39 is 23.1 Å². The summed E-state index contributed by atoms with van der Waals surface area (Å²) in [5, 5.41) is -0.511. The van der Waals surface area contributed by atoms with Gasteiger partial charge >= 0.3 is 11.9 Å². The summed E-state index contributed by atoms with van der Waals surface area (Å²) in [7, 11) is 0. The minimum Gasteiger partial charge on any atom is -0.469 e. The lowest BCUT2D eigenvalue weighted by molar-refractivity contribution is -0.153. The third-order valence-electron chi connectivity index (χ3n) is 3.93. The molecule has 110 valence electrons. The van der Waals surface area contributed by atoms with Crippen LogP contribution in [0.5, 0.6) is 0 Å². The number of hydrogen-bond acceptors (Lipinski definition) is 5. The highest BCUT2D eigenvalue weighted by Crippen LogP contribution is 2.50. The molecule has 4 rings (SSSR count). The van der Waals surface area contributed by atoms with Gasteiger partial charge in [0.1, 0.15) is 11.0 Å². The molecule has 1 aromatic carbocycles. The van der Waals surface area contributed by atoms with Gasteiger partial charge in [-0.15, -0.1) is 11.8 Å². The van der Waals surface area contributed by atoms with Gasteiger partial charge in [0.25, 0.3) is 0 Å². The Labute approximate surface area is 131 Å². The Balaban J connectivity index is 1.81. The fourth-order valence-electron chi connectivity index (χ4n) is 2.90. The molecule has 22 heavy (non-hydrogen) atoms. The molecular weight excluding hydrogens is 300 g/mol. The number of carbonyl (C=O) groups is 2. The first-order valence-electron chi connectivity index (χ1n) is 6.97. The topological polar surface area (TPSA) is 56.5 Å². The SMILES string of the molecule is O=C1OC(=O)C2C1SC(c1ccccc1)=CC2c1ccco1. The number of carbonyl (C=O) groups excluding carboxylic acids is 2. The summed E-state index contributed by atoms with van der Waals surface area (Å²) in [4.78, 5) is 25.0. The molecule has 0 bridgehead atoms. The van der Waals surface area contributed by atoms with E-state index in [1.54, 1.807) is 12.3 Å². The molecule has 3 heterocycles. The van der Waals surface area contributed by atoms with Gasteiger partial charge in [0.15, 0.2) is 0 Å². The van der Waals surface area contributed by atoms with E-state index in [-0.39, 0.29) is 5.92 Å². The molecule has 4 nitrogen and oxygen atoms in total. The summed E-state index contributed by atoms with van der Waals surface area (Å²) in [5.74, 6) is -1.05. The van der Waals surface area contributed by atoms with E-state index in [1.165, 1.54) is 11.8 Å². The van der Waals surface area contributed by atoms with Crippen LogP contribution in [0.4, 0.5) is 0 Å². The number of furan rings is 1. The molecule has 2 aromatic rings. The fraction of sp³-hybridized carbons (Fsp3) is 0.176. The number of cyclic esters (lactones) is 2. The second kappa shape index (κ2) is 5.18. The van der Waals surface area contributed by atoms with Crippen molar-refractivity contribution in [3.63, 3.8) is 0 Å². The van der Waals surface area contributed by atoms with Gasteiger partial charge in [-0.2, -0.15) is 0 Å². The van der Waals surface area contributed by atoms with Crippen molar-refractivity contribution >= 4 is 28.6 Å². The van der Waals surface area contributed by atoms with Gasteiger partial charge in [-0.05, 0) is 17.7 Å². The van der Waals surface area contributed by atoms with E-state index >= 15 is 0 Å². The molecule has 0 saturated carbocycles. The van der Waals surface area contributed by atoms with E-state index in [9.17, 15) is 9.59 Å². The number of thioether (sulfide) groups is 1. The van der Waals surface area contributed by atoms with Crippen molar-refractivity contribution in [1.29, 1.82) is 0 Å². The maximum atomic E-state index is 12.0. The van der Waals surface area contributed by atoms with Crippen LogP contribution in [0, 0.1) is 5.92 Å². The van der Waals surface area contributed by atoms with Crippen molar-refractivity contribution in [2.24, 2.45) is 5.92 Å². The van der Waals surface area contributed by atoms with Crippen LogP contribution in [-0.4, -0.2) is 17.2 Å². The van der Waals surface area contributed by atoms with Crippen molar-refractivity contribution in [3.8, 4) is 0 Å². The Morgan fingerprint density at radius 3 is 2.50 bits per heavy atom. The van der Waals surface area contributed by atoms with Crippen molar-refractivity contribution in [1.82, 2.24) is 0 Å². The summed E-state index contributed by atoms with van der Waals surface area (Å²) in [6, 6.07) is 13.4. The molecule has 0 aliphatic carbocycles. The summed E-state index contributed by atoms with van der Waals surface area (Å²) < 4.78 is 10.3. The van der Waals surface area contributed by atoms with E-state index in [0.717, 1.165) is 10.5 Å². The molecule has 1 aromatic heterocycles. The molecule has 3 unspecified atom stereocenters. The summed E-state index contributed by atoms with van der Waals surface area (Å²) in [5.41, 5.74) is 1.02. The van der Waals surface area contributed by atoms with Crippen molar-refractivity contribution in [3.05, 3.63) is 66.1 Å². The number of allylic oxidation sites excluding steroid dienone is 1. The Bertz CT molecular complexity index is 748. The van der Waals surface area contributed by atoms with E-state index in [2.05, 4.69) is 0 Å². The zero-order valence-corrected chi connectivity index (χ0v) is 12.3. The molecule has 2 aliphatic rings. The van der Waals surface area contributed by atoms with Crippen LogP contribution in [0.3, 0.4) is 0 Å². The Kier molecular flexibility index (Phi) is 3.15. The molecular formula is C17H12O4S. The van der Waals surface area contributed by atoms with Gasteiger partial charge in [-0.25, -0.2) is 0 Å². The van der Waals surface area contributed by atoms with E-state index in [1.807, 2.05) is 42.5 Å². The smallest absolute Gasteiger partial charge is 0.328 e. The monoisotopic (exact) mass is 312 g/mol. The Morgan fingerprint density at radius 1 is 0.955 bits per heavy atom. The first-order chi connectivity index (χ1) is 10.7. The first kappa shape index (κ1) is 13.4. The highest BCUT2D eigenvalue weighted by atomic mass is 32.2. The second-order valence-corrected chi connectivity index (χ2v) is 6.43. The minimum absolute atomic E-state index is 0.282. The molecule has 0 amide bonds. The van der Waals surface area contributed by atoms with Gasteiger partial charge in [-0.1, -0.05) is 36.4 Å². The number of benzene rings is 1. The lowest BCUT2D eigenvalue weighted by Crippen LogP contribution is -2.29. The zero-order valence-electron chi connectivity index (χ0n) is 11.5. The third-order valence-corrected chi connectivity index (χ3v) is 5.30. The maximum Gasteiger partial charge on any atom is 0.328 e. The largest absolute Gasteiger partial charge is 0.469 e. The molecule has 0 spiro atoms. The fourth-order valence-corrected chi connectivity index (χ4v) is 4.24. The van der Waals surface area contributed by atoms with Gasteiger partial charge in [0.2, 0.25) is 0 Å². The van der Waals surface area contributed by atoms with Gasteiger partial charge in [0, 0.05) is 4.91 Å². The normalized spacial score (nSPS) is 27.3. The van der Waals surface area contributed by atoms with Crippen LogP contribution in [-0.2, 0) is 14.3 Å². The highest BCUT2D eigenvalue weighted by Gasteiger charge is 2.52. The lowest BCUT2D eigenvalue weighted by Gasteiger charge is -2.26. The van der Waals surface area contributed by atoms with Crippen LogP contribution in [0.15, 0.2) is 59.2 Å². The average Bonchev–Trinajstić information content (AvgIpc) is 3.17. The summed E-state index contributed by atoms with van der Waals surface area (Å²) in [6.07, 6.45) is 3.57. The predicted molar refractivity (Wildman–Crippen MR) is 81.8 cm³/mol. The van der Waals surface area contributed by atoms with Crippen LogP contribution >= 0.6 is 11.8 Å². The number of rotatable bonds is 2. The highest BCUT2D eigenvalue weighted by molar-refractivity contribution is 8.09. The number of ether oxygens (including phenoxy) is 1. The predicted octanol–water partition coefficient (Wildman–Crippen LogP) is 3.22. The molecule has 2 aliphatic heterocycles. The molecule has 0 N–H and O–H groups in total. The zero-order chi connectivity index (χ0) is 15.1. The molecule has 0 radical (unpaired) electrons. The van der Waals surface area contributed by atoms with Gasteiger partial charge in [-0.3, -0.25) is 9.59 Å². The summed E-state index contributed by atoms with van der Waals surface area (Å²) in [6.45, 7) is 0. The van der Waals surface area contributed by atoms with Crippen molar-refractivity contribution < 1.29 is 18.7 Å². The van der Waals surface area contributed by atoms with Crippen LogP contribution in [0.1, 0.15) is 17.2 Å². The van der Waals surface area contributed by atoms with Crippen LogP contribution in [0.25, 0.3) is 4.91 Å². The minimum atomic E-state index is -0.517. The lowest BCUT2D eigenvalue weighted by atomic mass is 9.87. The molecule has 1 fully saturated rings. The maximum absolute atomic E-state index is 12.0. The average molecular weight is 312 g/mol. The summed E-state index contributed by atoms with van der Waals surface area (Å²) >= 11 is 1.39. The second-order valence-electron chi connectivity index (χ2n) is 5.24. The molecule has 5 heteroatoms. The standard InChI is InChI=1S/C17H12O4S/c18-16-14-11(12-7-4-8-20-12)9-13(10-5-2-1-3-6-10)22-15(14)17(19)21-16/h1-9,11,14-15H. The molecule has 1 saturated heterocycles. The number of esters is 2. The quantitative estimate of drug-likeness (QED) is 0.629. The number of hydrogen-bond donors (Lipinski definition) is 0.